The van der Waals surface area contributed by atoms with Crippen LogP contribution in [0.2, 0.25) is 0 Å². The molecule has 1 aliphatic rings. The van der Waals surface area contributed by atoms with Crippen molar-refractivity contribution >= 4 is 5.91 Å². The summed E-state index contributed by atoms with van der Waals surface area (Å²) >= 11 is 0. The Labute approximate surface area is 109 Å². The van der Waals surface area contributed by atoms with Crippen molar-refractivity contribution in [2.45, 2.75) is 19.4 Å². The molecule has 1 saturated carbocycles. The van der Waals surface area contributed by atoms with Gasteiger partial charge in [-0.3, -0.25) is 4.79 Å². The molecule has 0 saturated heterocycles. The molecule has 0 aliphatic heterocycles. The zero-order chi connectivity index (χ0) is 13.1. The summed E-state index contributed by atoms with van der Waals surface area (Å²) in [7, 11) is 4.09. The number of carbonyl (C=O) groups is 1. The molecular formula is C15H22N2O. The maximum Gasteiger partial charge on any atom is 0.223 e. The number of nitrogens with zero attached hydrogens (tertiary/aromatic N) is 1. The third-order valence-corrected chi connectivity index (χ3v) is 3.72. The van der Waals surface area contributed by atoms with Gasteiger partial charge in [-0.2, -0.15) is 0 Å². The Hall–Kier alpha value is -1.35. The number of carbonyl (C=O) groups excluding carboxylic acids is 1. The lowest BCUT2D eigenvalue weighted by molar-refractivity contribution is -0.122. The first-order valence-corrected chi connectivity index (χ1v) is 6.58. The van der Waals surface area contributed by atoms with Crippen molar-refractivity contribution < 1.29 is 4.79 Å². The van der Waals surface area contributed by atoms with Crippen LogP contribution in [0, 0.1) is 11.8 Å². The number of hydrogen-bond acceptors (Lipinski definition) is 2. The maximum atomic E-state index is 11.8. The molecule has 3 nitrogen and oxygen atoms in total. The van der Waals surface area contributed by atoms with Gasteiger partial charge in [0.05, 0.1) is 6.04 Å². The van der Waals surface area contributed by atoms with E-state index in [1.807, 2.05) is 32.3 Å². The molecule has 0 radical (unpaired) electrons. The van der Waals surface area contributed by atoms with Crippen LogP contribution in [0.25, 0.3) is 0 Å². The highest BCUT2D eigenvalue weighted by atomic mass is 16.2. The molecule has 0 heterocycles. The normalized spacial score (nSPS) is 23.8. The lowest BCUT2D eigenvalue weighted by Crippen LogP contribution is -2.35. The molecule has 1 aromatic carbocycles. The summed E-state index contributed by atoms with van der Waals surface area (Å²) in [6.07, 6.45) is 1.05. The molecule has 0 aromatic heterocycles. The van der Waals surface area contributed by atoms with Crippen LogP contribution in [-0.4, -0.2) is 31.4 Å². The van der Waals surface area contributed by atoms with Gasteiger partial charge in [-0.15, -0.1) is 0 Å². The van der Waals surface area contributed by atoms with E-state index in [2.05, 4.69) is 29.3 Å². The van der Waals surface area contributed by atoms with Crippen molar-refractivity contribution in [3.8, 4) is 0 Å². The molecule has 0 spiro atoms. The van der Waals surface area contributed by atoms with Crippen molar-refractivity contribution in [2.24, 2.45) is 11.8 Å². The minimum atomic E-state index is 0.213. The largest absolute Gasteiger partial charge is 0.354 e. The fourth-order valence-electron chi connectivity index (χ4n) is 2.29. The Morgan fingerprint density at radius 3 is 2.50 bits per heavy atom. The number of rotatable bonds is 5. The fraction of sp³-hybridized carbons (Fsp3) is 0.533. The number of nitrogens with one attached hydrogen (secondary N) is 1. The van der Waals surface area contributed by atoms with Crippen molar-refractivity contribution in [2.75, 3.05) is 20.6 Å². The molecular weight excluding hydrogens is 224 g/mol. The summed E-state index contributed by atoms with van der Waals surface area (Å²) in [6, 6.07) is 10.5. The highest BCUT2D eigenvalue weighted by Gasteiger charge is 2.39. The Balaban J connectivity index is 1.93. The van der Waals surface area contributed by atoms with Gasteiger partial charge in [0.25, 0.3) is 0 Å². The highest BCUT2D eigenvalue weighted by Crippen LogP contribution is 2.37. The second kappa shape index (κ2) is 5.53. The van der Waals surface area contributed by atoms with E-state index in [9.17, 15) is 4.79 Å². The van der Waals surface area contributed by atoms with Gasteiger partial charge in [-0.05, 0) is 32.0 Å². The van der Waals surface area contributed by atoms with Crippen LogP contribution in [0.5, 0.6) is 0 Å². The number of benzene rings is 1. The van der Waals surface area contributed by atoms with Gasteiger partial charge in [0.1, 0.15) is 0 Å². The van der Waals surface area contributed by atoms with Gasteiger partial charge in [0.2, 0.25) is 5.91 Å². The summed E-state index contributed by atoms with van der Waals surface area (Å²) < 4.78 is 0. The first kappa shape index (κ1) is 13.1. The predicted octanol–water partition coefficient (Wildman–Crippen LogP) is 2.06. The van der Waals surface area contributed by atoms with Crippen LogP contribution >= 0.6 is 0 Å². The van der Waals surface area contributed by atoms with E-state index in [4.69, 9.17) is 0 Å². The molecule has 3 unspecified atom stereocenters. The summed E-state index contributed by atoms with van der Waals surface area (Å²) in [4.78, 5) is 14.0. The quantitative estimate of drug-likeness (QED) is 0.862. The van der Waals surface area contributed by atoms with Crippen molar-refractivity contribution in [3.05, 3.63) is 35.9 Å². The number of hydrogen-bond donors (Lipinski definition) is 1. The van der Waals surface area contributed by atoms with Gasteiger partial charge in [0, 0.05) is 12.5 Å². The summed E-state index contributed by atoms with van der Waals surface area (Å²) in [5.74, 6) is 1.04. The molecule has 1 aliphatic carbocycles. The van der Waals surface area contributed by atoms with Gasteiger partial charge >= 0.3 is 0 Å². The number of likely N-dealkylation sites (N-methyl/N-ethyl adjacent to an activating group) is 1. The first-order valence-electron chi connectivity index (χ1n) is 6.58. The Morgan fingerprint density at radius 2 is 2.00 bits per heavy atom. The highest BCUT2D eigenvalue weighted by molar-refractivity contribution is 5.81. The Morgan fingerprint density at radius 1 is 1.39 bits per heavy atom. The monoisotopic (exact) mass is 246 g/mol. The van der Waals surface area contributed by atoms with E-state index < -0.39 is 0 Å². The maximum absolute atomic E-state index is 11.8. The molecule has 98 valence electrons. The topological polar surface area (TPSA) is 32.3 Å². The van der Waals surface area contributed by atoms with E-state index in [0.717, 1.165) is 6.42 Å². The van der Waals surface area contributed by atoms with Crippen molar-refractivity contribution in [1.29, 1.82) is 0 Å². The first-order chi connectivity index (χ1) is 8.59. The minimum absolute atomic E-state index is 0.213. The van der Waals surface area contributed by atoms with Crippen LogP contribution in [0.4, 0.5) is 0 Å². The van der Waals surface area contributed by atoms with Gasteiger partial charge in [0.15, 0.2) is 0 Å². The lowest BCUT2D eigenvalue weighted by atomic mass is 10.1. The Bertz CT molecular complexity index is 402. The molecule has 3 atom stereocenters. The minimum Gasteiger partial charge on any atom is -0.354 e. The van der Waals surface area contributed by atoms with Gasteiger partial charge in [-0.1, -0.05) is 37.3 Å². The van der Waals surface area contributed by atoms with Crippen LogP contribution in [0.3, 0.4) is 0 Å². The van der Waals surface area contributed by atoms with Crippen LogP contribution in [0.15, 0.2) is 30.3 Å². The van der Waals surface area contributed by atoms with E-state index >= 15 is 0 Å². The van der Waals surface area contributed by atoms with Gasteiger partial charge in [-0.25, -0.2) is 0 Å². The van der Waals surface area contributed by atoms with E-state index in [1.165, 1.54) is 5.56 Å². The van der Waals surface area contributed by atoms with E-state index in [0.29, 0.717) is 12.5 Å². The second-order valence-electron chi connectivity index (χ2n) is 5.45. The van der Waals surface area contributed by atoms with E-state index in [1.54, 1.807) is 0 Å². The van der Waals surface area contributed by atoms with E-state index in [-0.39, 0.29) is 17.9 Å². The van der Waals surface area contributed by atoms with Crippen molar-refractivity contribution in [3.63, 3.8) is 0 Å². The van der Waals surface area contributed by atoms with Gasteiger partial charge < -0.3 is 10.2 Å². The van der Waals surface area contributed by atoms with Crippen molar-refractivity contribution in [1.82, 2.24) is 10.2 Å². The third kappa shape index (κ3) is 3.10. The molecule has 1 amide bonds. The molecule has 1 N–H and O–H groups in total. The zero-order valence-electron chi connectivity index (χ0n) is 11.4. The fourth-order valence-corrected chi connectivity index (χ4v) is 2.29. The standard InChI is InChI=1S/C15H22N2O/c1-11-9-13(11)15(18)16-10-14(17(2)3)12-7-5-4-6-8-12/h4-8,11,13-14H,9-10H2,1-3H3,(H,16,18). The summed E-state index contributed by atoms with van der Waals surface area (Å²) in [6.45, 7) is 2.81. The molecule has 3 heteroatoms. The SMILES string of the molecule is CC1CC1C(=O)NCC(c1ccccc1)N(C)C. The average Bonchev–Trinajstić information content (AvgIpc) is 3.07. The molecule has 0 bridgehead atoms. The zero-order valence-corrected chi connectivity index (χ0v) is 11.4. The summed E-state index contributed by atoms with van der Waals surface area (Å²) in [5, 5.41) is 3.07. The molecule has 18 heavy (non-hydrogen) atoms. The second-order valence-corrected chi connectivity index (χ2v) is 5.45. The lowest BCUT2D eigenvalue weighted by Gasteiger charge is -2.25. The van der Waals surface area contributed by atoms with Crippen LogP contribution < -0.4 is 5.32 Å². The molecule has 1 aromatic rings. The number of amides is 1. The third-order valence-electron chi connectivity index (χ3n) is 3.72. The predicted molar refractivity (Wildman–Crippen MR) is 73.2 cm³/mol. The Kier molecular flexibility index (Phi) is 4.02. The molecule has 1 fully saturated rings. The van der Waals surface area contributed by atoms with Crippen LogP contribution in [0.1, 0.15) is 24.9 Å². The average molecular weight is 246 g/mol. The molecule has 2 rings (SSSR count). The van der Waals surface area contributed by atoms with Crippen LogP contribution in [-0.2, 0) is 4.79 Å². The smallest absolute Gasteiger partial charge is 0.223 e. The summed E-state index contributed by atoms with van der Waals surface area (Å²) in [5.41, 5.74) is 1.24.